The third-order valence-corrected chi connectivity index (χ3v) is 7.63. The van der Waals surface area contributed by atoms with Gasteiger partial charge in [-0.1, -0.05) is 29.8 Å². The maximum atomic E-state index is 13.9. The summed E-state index contributed by atoms with van der Waals surface area (Å²) in [6, 6.07) is 11.9. The van der Waals surface area contributed by atoms with E-state index in [1.807, 2.05) is 24.4 Å². The van der Waals surface area contributed by atoms with E-state index in [1.165, 1.54) is 28.7 Å². The molecule has 0 saturated heterocycles. The van der Waals surface area contributed by atoms with Crippen molar-refractivity contribution in [1.29, 1.82) is 0 Å². The monoisotopic (exact) mass is 472 g/mol. The minimum Gasteiger partial charge on any atom is -0.447 e. The fraction of sp³-hybridized carbons (Fsp3) is 0.160. The third kappa shape index (κ3) is 2.96. The fourth-order valence-electron chi connectivity index (χ4n) is 4.70. The summed E-state index contributed by atoms with van der Waals surface area (Å²) in [4.78, 5) is 27.2. The van der Waals surface area contributed by atoms with Gasteiger partial charge in [-0.05, 0) is 47.9 Å². The first-order valence-corrected chi connectivity index (χ1v) is 12.0. The number of halogens is 1. The normalized spacial score (nSPS) is 14.1. The second kappa shape index (κ2) is 7.04. The molecule has 1 aliphatic carbocycles. The molecule has 0 unspecified atom stereocenters. The highest BCUT2D eigenvalue weighted by atomic mass is 35.5. The molecule has 4 aromatic heterocycles. The van der Waals surface area contributed by atoms with Crippen LogP contribution in [0.4, 0.5) is 0 Å². The highest BCUT2D eigenvalue weighted by Crippen LogP contribution is 2.47. The number of nitrogens with one attached hydrogen (secondary N) is 1. The van der Waals surface area contributed by atoms with Gasteiger partial charge in [-0.25, -0.2) is 9.97 Å². The standard InChI is InChI=1S/C25H17ClN4O2S/c26-15-4-6-17-19(9-15)33-24-21(17)25(31)30(11-16-10-27-12-32-16)23(29-24)18-5-3-14-7-8-28-22(14)20(18)13-1-2-13/h3-10,12-13,28H,1-2,11H2. The zero-order valence-corrected chi connectivity index (χ0v) is 18.9. The molecule has 0 spiro atoms. The van der Waals surface area contributed by atoms with Crippen LogP contribution < -0.4 is 5.56 Å². The second-order valence-corrected chi connectivity index (χ2v) is 9.93. The maximum Gasteiger partial charge on any atom is 0.263 e. The van der Waals surface area contributed by atoms with Crippen LogP contribution in [-0.2, 0) is 6.54 Å². The lowest BCUT2D eigenvalue weighted by Crippen LogP contribution is -2.24. The van der Waals surface area contributed by atoms with Gasteiger partial charge in [-0.2, -0.15) is 0 Å². The number of rotatable bonds is 4. The van der Waals surface area contributed by atoms with Gasteiger partial charge in [0.1, 0.15) is 16.4 Å². The van der Waals surface area contributed by atoms with E-state index in [9.17, 15) is 4.79 Å². The molecule has 6 aromatic rings. The zero-order valence-electron chi connectivity index (χ0n) is 17.3. The summed E-state index contributed by atoms with van der Waals surface area (Å²) >= 11 is 7.72. The van der Waals surface area contributed by atoms with E-state index >= 15 is 0 Å². The van der Waals surface area contributed by atoms with E-state index in [4.69, 9.17) is 21.0 Å². The lowest BCUT2D eigenvalue weighted by molar-refractivity contribution is 0.486. The van der Waals surface area contributed by atoms with Crippen molar-refractivity contribution in [2.45, 2.75) is 25.3 Å². The minimum absolute atomic E-state index is 0.0895. The Bertz CT molecular complexity index is 1740. The molecule has 1 saturated carbocycles. The van der Waals surface area contributed by atoms with Crippen LogP contribution in [-0.4, -0.2) is 19.5 Å². The average Bonchev–Trinajstić information content (AvgIpc) is 3.19. The first kappa shape index (κ1) is 19.1. The van der Waals surface area contributed by atoms with Crippen molar-refractivity contribution < 1.29 is 4.42 Å². The van der Waals surface area contributed by atoms with Gasteiger partial charge in [0.05, 0.1) is 18.1 Å². The summed E-state index contributed by atoms with van der Waals surface area (Å²) in [5.74, 6) is 1.73. The number of hydrogen-bond donors (Lipinski definition) is 1. The Kier molecular flexibility index (Phi) is 4.07. The molecule has 1 aliphatic rings. The van der Waals surface area contributed by atoms with Crippen molar-refractivity contribution in [2.24, 2.45) is 0 Å². The van der Waals surface area contributed by atoms with E-state index in [2.05, 4.69) is 28.2 Å². The summed E-state index contributed by atoms with van der Waals surface area (Å²) in [6.07, 6.45) is 7.27. The highest BCUT2D eigenvalue weighted by molar-refractivity contribution is 7.25. The smallest absolute Gasteiger partial charge is 0.263 e. The Hall–Kier alpha value is -3.42. The van der Waals surface area contributed by atoms with Crippen LogP contribution >= 0.6 is 22.9 Å². The van der Waals surface area contributed by atoms with Crippen LogP contribution in [0.1, 0.15) is 30.1 Å². The second-order valence-electron chi connectivity index (χ2n) is 8.46. The molecule has 1 N–H and O–H groups in total. The average molecular weight is 473 g/mol. The molecule has 8 heteroatoms. The summed E-state index contributed by atoms with van der Waals surface area (Å²) in [5.41, 5.74) is 3.26. The number of hydrogen-bond acceptors (Lipinski definition) is 5. The van der Waals surface area contributed by atoms with Gasteiger partial charge in [0.15, 0.2) is 6.39 Å². The Morgan fingerprint density at radius 2 is 2.12 bits per heavy atom. The number of H-pyrrole nitrogens is 1. The van der Waals surface area contributed by atoms with Gasteiger partial charge in [0.25, 0.3) is 5.56 Å². The molecule has 0 amide bonds. The number of fused-ring (bicyclic) bond motifs is 4. The topological polar surface area (TPSA) is 76.7 Å². The Morgan fingerprint density at radius 3 is 2.94 bits per heavy atom. The molecular formula is C25H17ClN4O2S. The number of aromatic amines is 1. The third-order valence-electron chi connectivity index (χ3n) is 6.35. The van der Waals surface area contributed by atoms with Crippen LogP contribution in [0.2, 0.25) is 5.02 Å². The van der Waals surface area contributed by atoms with Gasteiger partial charge < -0.3 is 9.40 Å². The van der Waals surface area contributed by atoms with E-state index < -0.39 is 0 Å². The van der Waals surface area contributed by atoms with Crippen LogP contribution in [0, 0.1) is 0 Å². The first-order valence-electron chi connectivity index (χ1n) is 10.8. The maximum absolute atomic E-state index is 13.9. The zero-order chi connectivity index (χ0) is 22.1. The molecule has 0 radical (unpaired) electrons. The van der Waals surface area contributed by atoms with Crippen molar-refractivity contribution >= 4 is 54.1 Å². The minimum atomic E-state index is -0.0895. The number of nitrogens with zero attached hydrogens (tertiary/aromatic N) is 3. The number of oxazole rings is 1. The summed E-state index contributed by atoms with van der Waals surface area (Å²) in [7, 11) is 0. The largest absolute Gasteiger partial charge is 0.447 e. The van der Waals surface area contributed by atoms with Gasteiger partial charge >= 0.3 is 0 Å². The predicted molar refractivity (Wildman–Crippen MR) is 131 cm³/mol. The number of thiophene rings is 1. The molecule has 0 bridgehead atoms. The van der Waals surface area contributed by atoms with Crippen molar-refractivity contribution in [3.63, 3.8) is 0 Å². The summed E-state index contributed by atoms with van der Waals surface area (Å²) < 4.78 is 8.18. The van der Waals surface area contributed by atoms with Gasteiger partial charge in [0.2, 0.25) is 0 Å². The molecule has 7 rings (SSSR count). The van der Waals surface area contributed by atoms with Crippen LogP contribution in [0.5, 0.6) is 0 Å². The Balaban J connectivity index is 1.58. The number of benzene rings is 2. The van der Waals surface area contributed by atoms with Crippen molar-refractivity contribution in [1.82, 2.24) is 19.5 Å². The lowest BCUT2D eigenvalue weighted by atomic mass is 9.99. The lowest BCUT2D eigenvalue weighted by Gasteiger charge is -2.15. The molecule has 2 aromatic carbocycles. The van der Waals surface area contributed by atoms with E-state index in [0.717, 1.165) is 38.8 Å². The van der Waals surface area contributed by atoms with Crippen molar-refractivity contribution in [3.8, 4) is 11.4 Å². The quantitative estimate of drug-likeness (QED) is 0.325. The molecule has 4 heterocycles. The highest BCUT2D eigenvalue weighted by Gasteiger charge is 2.31. The van der Waals surface area contributed by atoms with Crippen molar-refractivity contribution in [2.75, 3.05) is 0 Å². The first-order chi connectivity index (χ1) is 16.2. The van der Waals surface area contributed by atoms with Gasteiger partial charge in [-0.3, -0.25) is 9.36 Å². The molecule has 0 aliphatic heterocycles. The van der Waals surface area contributed by atoms with Crippen LogP contribution in [0.15, 0.2) is 64.4 Å². The SMILES string of the molecule is O=c1c2c(nc(-c3ccc4cc[nH]c4c3C3CC3)n1Cc1cnco1)sc1cc(Cl)ccc12. The van der Waals surface area contributed by atoms with Crippen LogP contribution in [0.25, 0.3) is 42.6 Å². The summed E-state index contributed by atoms with van der Waals surface area (Å²) in [5, 5.41) is 3.30. The van der Waals surface area contributed by atoms with Crippen LogP contribution in [0.3, 0.4) is 0 Å². The molecule has 0 atom stereocenters. The van der Waals surface area contributed by atoms with E-state index in [1.54, 1.807) is 10.8 Å². The number of aromatic nitrogens is 4. The van der Waals surface area contributed by atoms with Crippen molar-refractivity contribution in [3.05, 3.63) is 81.9 Å². The molecular weight excluding hydrogens is 456 g/mol. The Labute approximate surface area is 196 Å². The molecule has 1 fully saturated rings. The Morgan fingerprint density at radius 1 is 1.21 bits per heavy atom. The fourth-order valence-corrected chi connectivity index (χ4v) is 6.04. The van der Waals surface area contributed by atoms with E-state index in [-0.39, 0.29) is 12.1 Å². The summed E-state index contributed by atoms with van der Waals surface area (Å²) in [6.45, 7) is 0.259. The van der Waals surface area contributed by atoms with E-state index in [0.29, 0.717) is 27.9 Å². The van der Waals surface area contributed by atoms with Gasteiger partial charge in [-0.15, -0.1) is 11.3 Å². The molecule has 6 nitrogen and oxygen atoms in total. The molecule has 162 valence electrons. The molecule has 33 heavy (non-hydrogen) atoms. The predicted octanol–water partition coefficient (Wildman–Crippen LogP) is 6.33. The van der Waals surface area contributed by atoms with Gasteiger partial charge in [0, 0.05) is 32.4 Å².